The highest BCUT2D eigenvalue weighted by Gasteiger charge is 2.16. The predicted molar refractivity (Wildman–Crippen MR) is 121 cm³/mol. The van der Waals surface area contributed by atoms with E-state index in [1.807, 2.05) is 0 Å². The molecule has 2 amide bonds. The molecule has 0 bridgehead atoms. The van der Waals surface area contributed by atoms with Crippen LogP contribution in [0.3, 0.4) is 0 Å². The third-order valence-corrected chi connectivity index (χ3v) is 4.54. The first-order valence-corrected chi connectivity index (χ1v) is 9.79. The number of carbonyl (C=O) groups excluding carboxylic acids is 3. The van der Waals surface area contributed by atoms with Gasteiger partial charge in [0.05, 0.1) is 19.9 Å². The summed E-state index contributed by atoms with van der Waals surface area (Å²) in [7, 11) is 2.93. The number of rotatable bonds is 8. The third kappa shape index (κ3) is 6.01. The number of ether oxygens (including phenoxy) is 3. The van der Waals surface area contributed by atoms with E-state index in [2.05, 4.69) is 10.6 Å². The van der Waals surface area contributed by atoms with E-state index < -0.39 is 18.5 Å². The van der Waals surface area contributed by atoms with Crippen LogP contribution in [0.1, 0.15) is 20.7 Å². The minimum atomic E-state index is -0.870. The Balaban J connectivity index is 1.54. The maximum Gasteiger partial charge on any atom is 0.342 e. The number of methoxy groups -OCH3 is 2. The lowest BCUT2D eigenvalue weighted by molar-refractivity contribution is -0.119. The highest BCUT2D eigenvalue weighted by Crippen LogP contribution is 2.25. The fraction of sp³-hybridized carbons (Fsp3) is 0.125. The Kier molecular flexibility index (Phi) is 7.48. The first kappa shape index (κ1) is 23.1. The number of nitrogens with one attached hydrogen (secondary N) is 2. The van der Waals surface area contributed by atoms with Gasteiger partial charge in [0.15, 0.2) is 6.61 Å². The van der Waals surface area contributed by atoms with Crippen molar-refractivity contribution in [3.8, 4) is 17.2 Å². The molecule has 9 heteroatoms. The fourth-order valence-electron chi connectivity index (χ4n) is 2.86. The van der Waals surface area contributed by atoms with Gasteiger partial charge < -0.3 is 30.0 Å². The SMILES string of the molecule is COc1ccc(O)c(C(=O)OCC(=O)Nc2ccc(C(=O)Nc3ccccc3OC)cc2)c1. The van der Waals surface area contributed by atoms with Crippen LogP contribution >= 0.6 is 0 Å². The minimum Gasteiger partial charge on any atom is -0.507 e. The van der Waals surface area contributed by atoms with Crippen LogP contribution in [0.5, 0.6) is 17.2 Å². The maximum atomic E-state index is 12.5. The van der Waals surface area contributed by atoms with E-state index in [4.69, 9.17) is 14.2 Å². The molecule has 0 aliphatic rings. The average Bonchev–Trinajstić information content (AvgIpc) is 2.83. The maximum absolute atomic E-state index is 12.5. The number of benzene rings is 3. The van der Waals surface area contributed by atoms with Gasteiger partial charge in [-0.15, -0.1) is 0 Å². The van der Waals surface area contributed by atoms with Crippen molar-refractivity contribution in [2.45, 2.75) is 0 Å². The summed E-state index contributed by atoms with van der Waals surface area (Å²) in [5, 5.41) is 15.1. The molecule has 0 unspecified atom stereocenters. The second kappa shape index (κ2) is 10.7. The van der Waals surface area contributed by atoms with Crippen molar-refractivity contribution < 1.29 is 33.7 Å². The predicted octanol–water partition coefficient (Wildman–Crippen LogP) is 3.46. The van der Waals surface area contributed by atoms with Crippen LogP contribution in [0.2, 0.25) is 0 Å². The molecule has 0 atom stereocenters. The lowest BCUT2D eigenvalue weighted by atomic mass is 10.2. The first-order chi connectivity index (χ1) is 15.9. The van der Waals surface area contributed by atoms with Crippen molar-refractivity contribution in [1.29, 1.82) is 0 Å². The second-order valence-corrected chi connectivity index (χ2v) is 6.74. The van der Waals surface area contributed by atoms with E-state index in [9.17, 15) is 19.5 Å². The summed E-state index contributed by atoms with van der Waals surface area (Å²) in [6.45, 7) is -0.564. The zero-order chi connectivity index (χ0) is 23.8. The summed E-state index contributed by atoms with van der Waals surface area (Å²) in [6, 6.07) is 17.3. The number of esters is 1. The van der Waals surface area contributed by atoms with E-state index in [1.165, 1.54) is 32.4 Å². The molecule has 3 aromatic carbocycles. The van der Waals surface area contributed by atoms with E-state index in [-0.39, 0.29) is 17.2 Å². The van der Waals surface area contributed by atoms with Gasteiger partial charge >= 0.3 is 5.97 Å². The third-order valence-electron chi connectivity index (χ3n) is 4.54. The summed E-state index contributed by atoms with van der Waals surface area (Å²) < 4.78 is 15.2. The van der Waals surface area contributed by atoms with Gasteiger partial charge in [0.1, 0.15) is 22.8 Å². The number of carbonyl (C=O) groups is 3. The molecule has 0 radical (unpaired) electrons. The number of aromatic hydroxyl groups is 1. The van der Waals surface area contributed by atoms with Crippen molar-refractivity contribution in [2.24, 2.45) is 0 Å². The number of amides is 2. The van der Waals surface area contributed by atoms with Gasteiger partial charge in [-0.25, -0.2) is 4.79 Å². The lowest BCUT2D eigenvalue weighted by Crippen LogP contribution is -2.21. The molecule has 170 valence electrons. The van der Waals surface area contributed by atoms with Gasteiger partial charge in [-0.05, 0) is 54.6 Å². The summed E-state index contributed by atoms with van der Waals surface area (Å²) in [6.07, 6.45) is 0. The largest absolute Gasteiger partial charge is 0.507 e. The van der Waals surface area contributed by atoms with Crippen LogP contribution < -0.4 is 20.1 Å². The molecule has 9 nitrogen and oxygen atoms in total. The van der Waals surface area contributed by atoms with Crippen LogP contribution in [0.4, 0.5) is 11.4 Å². The Labute approximate surface area is 189 Å². The molecule has 33 heavy (non-hydrogen) atoms. The monoisotopic (exact) mass is 450 g/mol. The molecule has 0 saturated carbocycles. The Bertz CT molecular complexity index is 1160. The van der Waals surface area contributed by atoms with E-state index in [0.717, 1.165) is 0 Å². The highest BCUT2D eigenvalue weighted by atomic mass is 16.5. The highest BCUT2D eigenvalue weighted by molar-refractivity contribution is 6.05. The number of para-hydroxylation sites is 2. The minimum absolute atomic E-state index is 0.118. The number of hydrogen-bond donors (Lipinski definition) is 3. The number of anilines is 2. The number of phenols is 1. The fourth-order valence-corrected chi connectivity index (χ4v) is 2.86. The molecule has 0 aliphatic heterocycles. The summed E-state index contributed by atoms with van der Waals surface area (Å²) in [4.78, 5) is 36.7. The van der Waals surface area contributed by atoms with Crippen molar-refractivity contribution >= 4 is 29.2 Å². The normalized spacial score (nSPS) is 10.1. The standard InChI is InChI=1S/C24H22N2O7/c1-31-17-11-12-20(27)18(13-17)24(30)33-14-22(28)25-16-9-7-15(8-10-16)23(29)26-19-5-3-4-6-21(19)32-2/h3-13,27H,14H2,1-2H3,(H,25,28)(H,26,29). The first-order valence-electron chi connectivity index (χ1n) is 9.79. The van der Waals surface area contributed by atoms with Gasteiger partial charge in [-0.1, -0.05) is 12.1 Å². The molecular formula is C24H22N2O7. The van der Waals surface area contributed by atoms with Crippen molar-refractivity contribution in [1.82, 2.24) is 0 Å². The zero-order valence-corrected chi connectivity index (χ0v) is 18.0. The Hall–Kier alpha value is -4.53. The second-order valence-electron chi connectivity index (χ2n) is 6.74. The van der Waals surface area contributed by atoms with Gasteiger partial charge in [0.25, 0.3) is 11.8 Å². The molecule has 3 rings (SSSR count). The molecule has 3 N–H and O–H groups in total. The van der Waals surface area contributed by atoms with Crippen LogP contribution in [0.15, 0.2) is 66.7 Å². The van der Waals surface area contributed by atoms with Gasteiger partial charge in [0.2, 0.25) is 0 Å². The molecule has 0 heterocycles. The molecule has 0 spiro atoms. The van der Waals surface area contributed by atoms with Gasteiger partial charge in [-0.3, -0.25) is 9.59 Å². The smallest absolute Gasteiger partial charge is 0.342 e. The Morgan fingerprint density at radius 2 is 1.61 bits per heavy atom. The Morgan fingerprint density at radius 3 is 2.30 bits per heavy atom. The van der Waals surface area contributed by atoms with Crippen LogP contribution in [0, 0.1) is 0 Å². The van der Waals surface area contributed by atoms with E-state index >= 15 is 0 Å². The topological polar surface area (TPSA) is 123 Å². The van der Waals surface area contributed by atoms with Gasteiger partial charge in [-0.2, -0.15) is 0 Å². The molecule has 0 saturated heterocycles. The zero-order valence-electron chi connectivity index (χ0n) is 18.0. The molecule has 3 aromatic rings. The average molecular weight is 450 g/mol. The summed E-state index contributed by atoms with van der Waals surface area (Å²) in [5.41, 5.74) is 1.20. The summed E-state index contributed by atoms with van der Waals surface area (Å²) in [5.74, 6) is -1.19. The van der Waals surface area contributed by atoms with Crippen LogP contribution in [-0.4, -0.2) is 43.7 Å². The molecule has 0 fully saturated rings. The lowest BCUT2D eigenvalue weighted by Gasteiger charge is -2.11. The Morgan fingerprint density at radius 1 is 0.879 bits per heavy atom. The summed E-state index contributed by atoms with van der Waals surface area (Å²) >= 11 is 0. The molecular weight excluding hydrogens is 428 g/mol. The molecule has 0 aliphatic carbocycles. The van der Waals surface area contributed by atoms with Crippen LogP contribution in [-0.2, 0) is 9.53 Å². The molecule has 0 aromatic heterocycles. The van der Waals surface area contributed by atoms with E-state index in [0.29, 0.717) is 28.4 Å². The van der Waals surface area contributed by atoms with Crippen molar-refractivity contribution in [3.63, 3.8) is 0 Å². The number of phenolic OH excluding ortho intramolecular Hbond substituents is 1. The van der Waals surface area contributed by atoms with Gasteiger partial charge in [0, 0.05) is 11.3 Å². The van der Waals surface area contributed by atoms with Crippen molar-refractivity contribution in [3.05, 3.63) is 77.9 Å². The van der Waals surface area contributed by atoms with E-state index in [1.54, 1.807) is 48.5 Å². The van der Waals surface area contributed by atoms with Crippen molar-refractivity contribution in [2.75, 3.05) is 31.5 Å². The number of hydrogen-bond acceptors (Lipinski definition) is 7. The van der Waals surface area contributed by atoms with Crippen LogP contribution in [0.25, 0.3) is 0 Å². The quantitative estimate of drug-likeness (QED) is 0.449.